The third kappa shape index (κ3) is 5.25. The van der Waals surface area contributed by atoms with E-state index in [0.717, 1.165) is 37.5 Å². The Morgan fingerprint density at radius 3 is 2.46 bits per heavy atom. The van der Waals surface area contributed by atoms with Crippen LogP contribution in [0.5, 0.6) is 5.75 Å². The smallest absolute Gasteiger partial charge is 0.265 e. The van der Waals surface area contributed by atoms with Gasteiger partial charge in [-0.15, -0.1) is 0 Å². The average Bonchev–Trinajstić information content (AvgIpc) is 2.65. The molecule has 1 N–H and O–H groups in total. The molecule has 0 aromatic heterocycles. The van der Waals surface area contributed by atoms with Crippen LogP contribution < -0.4 is 15.0 Å². The molecule has 0 bridgehead atoms. The number of carbonyl (C=O) groups is 1. The minimum absolute atomic E-state index is 0.290. The van der Waals surface area contributed by atoms with E-state index in [9.17, 15) is 4.79 Å². The van der Waals surface area contributed by atoms with Crippen molar-refractivity contribution < 1.29 is 9.53 Å². The summed E-state index contributed by atoms with van der Waals surface area (Å²) in [6, 6.07) is 10.5. The number of nitrogens with zero attached hydrogens (tertiary/aromatic N) is 1. The molecule has 0 spiro atoms. The molecular formula is C21H23Cl3N2O2. The molecule has 0 saturated carbocycles. The van der Waals surface area contributed by atoms with Crippen molar-refractivity contribution in [3.8, 4) is 5.75 Å². The van der Waals surface area contributed by atoms with Crippen LogP contribution in [0.15, 0.2) is 36.4 Å². The molecule has 7 heteroatoms. The molecule has 2 aromatic rings. The lowest BCUT2D eigenvalue weighted by atomic mass is 9.99. The van der Waals surface area contributed by atoms with Crippen LogP contribution in [0, 0.1) is 5.92 Å². The number of benzene rings is 2. The Morgan fingerprint density at radius 2 is 1.82 bits per heavy atom. The molecule has 1 heterocycles. The molecule has 0 radical (unpaired) electrons. The number of ether oxygens (including phenoxy) is 1. The van der Waals surface area contributed by atoms with Crippen molar-refractivity contribution in [1.29, 1.82) is 0 Å². The summed E-state index contributed by atoms with van der Waals surface area (Å²) >= 11 is 18.4. The summed E-state index contributed by atoms with van der Waals surface area (Å²) in [4.78, 5) is 14.8. The molecular weight excluding hydrogens is 419 g/mol. The van der Waals surface area contributed by atoms with E-state index in [0.29, 0.717) is 26.5 Å². The molecule has 1 amide bonds. The van der Waals surface area contributed by atoms with Gasteiger partial charge in [-0.25, -0.2) is 0 Å². The van der Waals surface area contributed by atoms with Gasteiger partial charge in [-0.3, -0.25) is 4.79 Å². The topological polar surface area (TPSA) is 41.6 Å². The van der Waals surface area contributed by atoms with Gasteiger partial charge in [0.15, 0.2) is 6.10 Å². The minimum Gasteiger partial charge on any atom is -0.479 e. The van der Waals surface area contributed by atoms with Crippen LogP contribution in [0.3, 0.4) is 0 Å². The van der Waals surface area contributed by atoms with Gasteiger partial charge in [-0.05, 0) is 62.1 Å². The second-order valence-corrected chi connectivity index (χ2v) is 8.41. The molecule has 0 unspecified atom stereocenters. The fraction of sp³-hybridized carbons (Fsp3) is 0.381. The second kappa shape index (κ2) is 9.25. The standard InChI is InChI=1S/C21H23Cl3N2O2/c1-13-7-9-26(10-8-13)19-5-4-16(12-17(19)23)25-21(27)14(2)28-20-6-3-15(22)11-18(20)24/h3-6,11-14H,7-10H2,1-2H3,(H,25,27)/t14-/m0/s1. The number of piperidine rings is 1. The number of hydrogen-bond acceptors (Lipinski definition) is 3. The molecule has 2 aromatic carbocycles. The van der Waals surface area contributed by atoms with E-state index >= 15 is 0 Å². The van der Waals surface area contributed by atoms with Gasteiger partial charge in [0.25, 0.3) is 5.91 Å². The predicted molar refractivity (Wildman–Crippen MR) is 117 cm³/mol. The van der Waals surface area contributed by atoms with Gasteiger partial charge in [0, 0.05) is 23.8 Å². The summed E-state index contributed by atoms with van der Waals surface area (Å²) in [5, 5.41) is 4.32. The van der Waals surface area contributed by atoms with E-state index in [-0.39, 0.29) is 5.91 Å². The van der Waals surface area contributed by atoms with Crippen molar-refractivity contribution >= 4 is 52.1 Å². The van der Waals surface area contributed by atoms with E-state index in [4.69, 9.17) is 39.5 Å². The van der Waals surface area contributed by atoms with Gasteiger partial charge in [0.1, 0.15) is 5.75 Å². The van der Waals surface area contributed by atoms with Gasteiger partial charge in [-0.1, -0.05) is 41.7 Å². The van der Waals surface area contributed by atoms with Gasteiger partial charge in [0.05, 0.1) is 15.7 Å². The molecule has 0 aliphatic carbocycles. The lowest BCUT2D eigenvalue weighted by molar-refractivity contribution is -0.122. The summed E-state index contributed by atoms with van der Waals surface area (Å²) in [5.41, 5.74) is 1.63. The number of anilines is 2. The third-order valence-corrected chi connectivity index (χ3v) is 5.74. The van der Waals surface area contributed by atoms with E-state index in [2.05, 4.69) is 17.1 Å². The van der Waals surface area contributed by atoms with Crippen LogP contribution in [-0.4, -0.2) is 25.1 Å². The first-order chi connectivity index (χ1) is 13.3. The van der Waals surface area contributed by atoms with Crippen molar-refractivity contribution in [2.45, 2.75) is 32.8 Å². The normalized spacial score (nSPS) is 16.0. The lowest BCUT2D eigenvalue weighted by Gasteiger charge is -2.32. The maximum atomic E-state index is 12.5. The molecule has 4 nitrogen and oxygen atoms in total. The van der Waals surface area contributed by atoms with Gasteiger partial charge in [-0.2, -0.15) is 0 Å². The fourth-order valence-electron chi connectivity index (χ4n) is 3.15. The van der Waals surface area contributed by atoms with E-state index < -0.39 is 6.10 Å². The molecule has 1 aliphatic heterocycles. The Labute approximate surface area is 180 Å². The van der Waals surface area contributed by atoms with Crippen LogP contribution in [-0.2, 0) is 4.79 Å². The van der Waals surface area contributed by atoms with Crippen LogP contribution in [0.4, 0.5) is 11.4 Å². The molecule has 150 valence electrons. The summed E-state index contributed by atoms with van der Waals surface area (Å²) in [6.07, 6.45) is 1.59. The molecule has 1 aliphatic rings. The number of hydrogen-bond donors (Lipinski definition) is 1. The van der Waals surface area contributed by atoms with Crippen LogP contribution in [0.2, 0.25) is 15.1 Å². The number of halogens is 3. The van der Waals surface area contributed by atoms with Gasteiger partial charge < -0.3 is 15.0 Å². The van der Waals surface area contributed by atoms with Crippen LogP contribution >= 0.6 is 34.8 Å². The van der Waals surface area contributed by atoms with Crippen molar-refractivity contribution in [3.05, 3.63) is 51.5 Å². The molecule has 1 atom stereocenters. The largest absolute Gasteiger partial charge is 0.479 e. The molecule has 1 fully saturated rings. The highest BCUT2D eigenvalue weighted by atomic mass is 35.5. The second-order valence-electron chi connectivity index (χ2n) is 7.16. The zero-order valence-corrected chi connectivity index (χ0v) is 18.1. The monoisotopic (exact) mass is 440 g/mol. The maximum Gasteiger partial charge on any atom is 0.265 e. The average molecular weight is 442 g/mol. The van der Waals surface area contributed by atoms with Crippen LogP contribution in [0.25, 0.3) is 0 Å². The zero-order chi connectivity index (χ0) is 20.3. The number of rotatable bonds is 5. The lowest BCUT2D eigenvalue weighted by Crippen LogP contribution is -2.33. The van der Waals surface area contributed by atoms with Crippen LogP contribution in [0.1, 0.15) is 26.7 Å². The maximum absolute atomic E-state index is 12.5. The third-order valence-electron chi connectivity index (χ3n) is 4.91. The van der Waals surface area contributed by atoms with Crippen molar-refractivity contribution in [2.24, 2.45) is 5.92 Å². The first-order valence-electron chi connectivity index (χ1n) is 9.30. The zero-order valence-electron chi connectivity index (χ0n) is 15.8. The van der Waals surface area contributed by atoms with Gasteiger partial charge >= 0.3 is 0 Å². The SMILES string of the molecule is CC1CCN(c2ccc(NC(=O)[C@H](C)Oc3ccc(Cl)cc3Cl)cc2Cl)CC1. The summed E-state index contributed by atoms with van der Waals surface area (Å²) in [5.74, 6) is 0.868. The summed E-state index contributed by atoms with van der Waals surface area (Å²) in [7, 11) is 0. The number of amides is 1. The van der Waals surface area contributed by atoms with Crippen molar-refractivity contribution in [1.82, 2.24) is 0 Å². The predicted octanol–water partition coefficient (Wildman–Crippen LogP) is 6.29. The summed E-state index contributed by atoms with van der Waals surface area (Å²) in [6.45, 7) is 5.93. The quantitative estimate of drug-likeness (QED) is 0.593. The Bertz CT molecular complexity index is 852. The number of carbonyl (C=O) groups excluding carboxylic acids is 1. The number of nitrogens with one attached hydrogen (secondary N) is 1. The van der Waals surface area contributed by atoms with Gasteiger partial charge in [0.2, 0.25) is 0 Å². The van der Waals surface area contributed by atoms with E-state index in [1.807, 2.05) is 12.1 Å². The highest BCUT2D eigenvalue weighted by Crippen LogP contribution is 2.32. The first-order valence-corrected chi connectivity index (χ1v) is 10.4. The highest BCUT2D eigenvalue weighted by Gasteiger charge is 2.20. The first kappa shape index (κ1) is 21.1. The molecule has 1 saturated heterocycles. The highest BCUT2D eigenvalue weighted by molar-refractivity contribution is 6.35. The Morgan fingerprint density at radius 1 is 1.11 bits per heavy atom. The Kier molecular flexibility index (Phi) is 6.97. The minimum atomic E-state index is -0.735. The van der Waals surface area contributed by atoms with E-state index in [1.165, 1.54) is 0 Å². The van der Waals surface area contributed by atoms with E-state index in [1.54, 1.807) is 31.2 Å². The molecule has 3 rings (SSSR count). The van der Waals surface area contributed by atoms with Crippen molar-refractivity contribution in [3.63, 3.8) is 0 Å². The molecule has 28 heavy (non-hydrogen) atoms. The Hall–Kier alpha value is -1.62. The summed E-state index contributed by atoms with van der Waals surface area (Å²) < 4.78 is 5.65. The Balaban J connectivity index is 1.62. The van der Waals surface area contributed by atoms with Crippen molar-refractivity contribution in [2.75, 3.05) is 23.3 Å². The fourth-order valence-corrected chi connectivity index (χ4v) is 3.90.